The number of ether oxygens (including phenoxy) is 1. The number of rotatable bonds is 3. The van der Waals surface area contributed by atoms with E-state index < -0.39 is 6.29 Å². The highest BCUT2D eigenvalue weighted by Crippen LogP contribution is 2.42. The first-order valence-electron chi connectivity index (χ1n) is 7.58. The minimum Gasteiger partial charge on any atom is -0.449 e. The molecule has 1 aliphatic heterocycles. The first-order valence-corrected chi connectivity index (χ1v) is 7.58. The summed E-state index contributed by atoms with van der Waals surface area (Å²) in [4.78, 5) is 2.11. The molecule has 4 nitrogen and oxygen atoms in total. The second kappa shape index (κ2) is 5.30. The molecule has 0 saturated heterocycles. The minimum atomic E-state index is -0.841. The molecular formula is C18H19NO3. The van der Waals surface area contributed by atoms with Crippen LogP contribution < -0.4 is 4.90 Å². The first kappa shape index (κ1) is 13.6. The van der Waals surface area contributed by atoms with E-state index in [9.17, 15) is 5.11 Å². The summed E-state index contributed by atoms with van der Waals surface area (Å²) >= 11 is 0. The zero-order valence-corrected chi connectivity index (χ0v) is 12.5. The Morgan fingerprint density at radius 3 is 2.91 bits per heavy atom. The lowest BCUT2D eigenvalue weighted by Gasteiger charge is -2.38. The van der Waals surface area contributed by atoms with Crippen LogP contribution in [0.3, 0.4) is 0 Å². The summed E-state index contributed by atoms with van der Waals surface area (Å²) in [6.07, 6.45) is 2.58. The van der Waals surface area contributed by atoms with Gasteiger partial charge < -0.3 is 19.2 Å². The van der Waals surface area contributed by atoms with E-state index in [1.807, 2.05) is 12.1 Å². The van der Waals surface area contributed by atoms with Crippen molar-refractivity contribution in [3.63, 3.8) is 0 Å². The van der Waals surface area contributed by atoms with Crippen molar-refractivity contribution in [1.29, 1.82) is 0 Å². The molecule has 2 heterocycles. The molecule has 1 aromatic carbocycles. The van der Waals surface area contributed by atoms with Gasteiger partial charge in [-0.15, -0.1) is 0 Å². The Hall–Kier alpha value is -2.04. The lowest BCUT2D eigenvalue weighted by molar-refractivity contribution is -0.0904. The van der Waals surface area contributed by atoms with Crippen molar-refractivity contribution in [2.24, 2.45) is 0 Å². The van der Waals surface area contributed by atoms with Gasteiger partial charge in [0.05, 0.1) is 12.3 Å². The summed E-state index contributed by atoms with van der Waals surface area (Å²) in [6.45, 7) is 0.766. The Balaban J connectivity index is 1.73. The normalized spacial score (nSPS) is 21.7. The summed E-state index contributed by atoms with van der Waals surface area (Å²) < 4.78 is 10.8. The van der Waals surface area contributed by atoms with Gasteiger partial charge in [-0.2, -0.15) is 0 Å². The van der Waals surface area contributed by atoms with Crippen molar-refractivity contribution in [3.8, 4) is 0 Å². The van der Waals surface area contributed by atoms with Crippen molar-refractivity contribution in [3.05, 3.63) is 59.4 Å². The predicted octanol–water partition coefficient (Wildman–Crippen LogP) is 2.83. The fourth-order valence-electron chi connectivity index (χ4n) is 3.63. The van der Waals surface area contributed by atoms with Gasteiger partial charge in [-0.3, -0.25) is 0 Å². The van der Waals surface area contributed by atoms with Crippen molar-refractivity contribution in [2.45, 2.75) is 25.2 Å². The Kier molecular flexibility index (Phi) is 3.28. The average molecular weight is 297 g/mol. The van der Waals surface area contributed by atoms with Gasteiger partial charge in [0.2, 0.25) is 0 Å². The molecule has 2 unspecified atom stereocenters. The standard InChI is InChI=1S/C18H19NO3/c1-21-18(20)16-10-15-13(9-12-5-2-3-6-14(12)15)11-19(16)17-7-4-8-22-17/h2-8,16,18,20H,9-11H2,1H3. The van der Waals surface area contributed by atoms with Crippen molar-refractivity contribution in [2.75, 3.05) is 18.6 Å². The maximum Gasteiger partial charge on any atom is 0.195 e. The van der Waals surface area contributed by atoms with Crippen LogP contribution in [0.15, 0.2) is 52.7 Å². The third-order valence-corrected chi connectivity index (χ3v) is 4.71. The van der Waals surface area contributed by atoms with Gasteiger partial charge in [0.15, 0.2) is 12.2 Å². The highest BCUT2D eigenvalue weighted by Gasteiger charge is 2.37. The molecule has 0 saturated carbocycles. The number of anilines is 1. The number of benzene rings is 1. The zero-order chi connectivity index (χ0) is 15.1. The molecular weight excluding hydrogens is 278 g/mol. The number of methoxy groups -OCH3 is 1. The Morgan fingerprint density at radius 1 is 1.27 bits per heavy atom. The van der Waals surface area contributed by atoms with Crippen LogP contribution in [0.4, 0.5) is 5.88 Å². The molecule has 0 fully saturated rings. The van der Waals surface area contributed by atoms with E-state index in [0.29, 0.717) is 0 Å². The molecule has 114 valence electrons. The molecule has 1 aromatic heterocycles. The van der Waals surface area contributed by atoms with Crippen LogP contribution in [0.2, 0.25) is 0 Å². The third kappa shape index (κ3) is 2.07. The Labute approximate surface area is 129 Å². The molecule has 4 rings (SSSR count). The molecule has 0 spiro atoms. The van der Waals surface area contributed by atoms with Gasteiger partial charge in [0.25, 0.3) is 0 Å². The number of nitrogens with zero attached hydrogens (tertiary/aromatic N) is 1. The highest BCUT2D eigenvalue weighted by molar-refractivity contribution is 5.79. The molecule has 1 N–H and O–H groups in total. The van der Waals surface area contributed by atoms with Crippen LogP contribution >= 0.6 is 0 Å². The molecule has 2 aliphatic rings. The van der Waals surface area contributed by atoms with E-state index in [2.05, 4.69) is 29.2 Å². The molecule has 0 bridgehead atoms. The number of fused-ring (bicyclic) bond motifs is 2. The van der Waals surface area contributed by atoms with Gasteiger partial charge in [0, 0.05) is 19.7 Å². The molecule has 1 aliphatic carbocycles. The molecule has 2 atom stereocenters. The molecule has 0 amide bonds. The highest BCUT2D eigenvalue weighted by atomic mass is 16.6. The van der Waals surface area contributed by atoms with Crippen molar-refractivity contribution in [1.82, 2.24) is 0 Å². The van der Waals surface area contributed by atoms with E-state index in [1.165, 1.54) is 29.4 Å². The van der Waals surface area contributed by atoms with Gasteiger partial charge in [0.1, 0.15) is 0 Å². The quantitative estimate of drug-likeness (QED) is 0.885. The van der Waals surface area contributed by atoms with E-state index in [0.717, 1.165) is 25.3 Å². The number of hydrogen-bond acceptors (Lipinski definition) is 4. The SMILES string of the molecule is COC(O)C1CC2=C(Cc3ccccc32)CN1c1ccco1. The van der Waals surface area contributed by atoms with Crippen LogP contribution in [0, 0.1) is 0 Å². The fourth-order valence-corrected chi connectivity index (χ4v) is 3.63. The fraction of sp³-hybridized carbons (Fsp3) is 0.333. The molecule has 4 heteroatoms. The van der Waals surface area contributed by atoms with Crippen LogP contribution in [0.1, 0.15) is 17.5 Å². The average Bonchev–Trinajstić information content (AvgIpc) is 3.20. The Morgan fingerprint density at radius 2 is 2.14 bits per heavy atom. The second-order valence-electron chi connectivity index (χ2n) is 5.89. The van der Waals surface area contributed by atoms with Gasteiger partial charge in [-0.05, 0) is 41.2 Å². The molecule has 0 radical (unpaired) electrons. The minimum absolute atomic E-state index is 0.138. The molecule has 22 heavy (non-hydrogen) atoms. The lowest BCUT2D eigenvalue weighted by atomic mass is 9.93. The van der Waals surface area contributed by atoms with Crippen LogP contribution in [0.25, 0.3) is 5.57 Å². The number of aliphatic hydroxyl groups is 1. The van der Waals surface area contributed by atoms with E-state index in [-0.39, 0.29) is 6.04 Å². The largest absolute Gasteiger partial charge is 0.449 e. The summed E-state index contributed by atoms with van der Waals surface area (Å²) in [5, 5.41) is 10.3. The smallest absolute Gasteiger partial charge is 0.195 e. The van der Waals surface area contributed by atoms with E-state index in [1.54, 1.807) is 6.26 Å². The topological polar surface area (TPSA) is 45.8 Å². The summed E-state index contributed by atoms with van der Waals surface area (Å²) in [5.41, 5.74) is 5.47. The predicted molar refractivity (Wildman–Crippen MR) is 84.5 cm³/mol. The maximum absolute atomic E-state index is 10.3. The van der Waals surface area contributed by atoms with Crippen LogP contribution in [0.5, 0.6) is 0 Å². The number of hydrogen-bond donors (Lipinski definition) is 1. The van der Waals surface area contributed by atoms with Crippen LogP contribution in [-0.2, 0) is 11.2 Å². The van der Waals surface area contributed by atoms with Crippen molar-refractivity contribution >= 4 is 11.5 Å². The van der Waals surface area contributed by atoms with Crippen LogP contribution in [-0.4, -0.2) is 31.1 Å². The summed E-state index contributed by atoms with van der Waals surface area (Å²) in [5.74, 6) is 0.781. The second-order valence-corrected chi connectivity index (χ2v) is 5.89. The first-order chi connectivity index (χ1) is 10.8. The number of aliphatic hydroxyl groups excluding tert-OH is 1. The summed E-state index contributed by atoms with van der Waals surface area (Å²) in [7, 11) is 1.54. The van der Waals surface area contributed by atoms with E-state index >= 15 is 0 Å². The Bertz CT molecular complexity index is 705. The van der Waals surface area contributed by atoms with Gasteiger partial charge in [-0.25, -0.2) is 0 Å². The van der Waals surface area contributed by atoms with Gasteiger partial charge in [-0.1, -0.05) is 24.3 Å². The van der Waals surface area contributed by atoms with Gasteiger partial charge >= 0.3 is 0 Å². The maximum atomic E-state index is 10.3. The molecule has 2 aromatic rings. The lowest BCUT2D eigenvalue weighted by Crippen LogP contribution is -2.48. The van der Waals surface area contributed by atoms with Crippen molar-refractivity contribution < 1.29 is 14.3 Å². The summed E-state index contributed by atoms with van der Waals surface area (Å²) in [6, 6.07) is 12.2. The monoisotopic (exact) mass is 297 g/mol. The number of furan rings is 1. The third-order valence-electron chi connectivity index (χ3n) is 4.71. The zero-order valence-electron chi connectivity index (χ0n) is 12.5. The van der Waals surface area contributed by atoms with E-state index in [4.69, 9.17) is 9.15 Å².